The van der Waals surface area contributed by atoms with E-state index >= 15 is 0 Å². The molecule has 8 aromatic carbocycles. The molecule has 0 fully saturated rings. The summed E-state index contributed by atoms with van der Waals surface area (Å²) in [5.74, 6) is 1.60. The summed E-state index contributed by atoms with van der Waals surface area (Å²) in [5, 5.41) is 0. The molecule has 0 saturated heterocycles. The molecular formula is C56H39N3O. The molecule has 0 radical (unpaired) electrons. The molecule has 60 heavy (non-hydrogen) atoms. The lowest BCUT2D eigenvalue weighted by atomic mass is 9.72. The Morgan fingerprint density at radius 1 is 0.383 bits per heavy atom. The molecule has 4 nitrogen and oxygen atoms in total. The topological polar surface area (TPSA) is 47.4 Å². The Kier molecular flexibility index (Phi) is 8.63. The van der Waals surface area contributed by atoms with E-state index in [1.807, 2.05) is 24.3 Å². The number of benzene rings is 8. The third kappa shape index (κ3) is 6.30. The van der Waals surface area contributed by atoms with Crippen LogP contribution in [0.5, 0.6) is 5.75 Å². The van der Waals surface area contributed by atoms with Gasteiger partial charge < -0.3 is 4.74 Å². The van der Waals surface area contributed by atoms with E-state index in [-0.39, 0.29) is 5.92 Å². The summed E-state index contributed by atoms with van der Waals surface area (Å²) >= 11 is 0. The van der Waals surface area contributed by atoms with Gasteiger partial charge in [0.05, 0.1) is 28.7 Å². The average Bonchev–Trinajstić information content (AvgIpc) is 3.65. The molecule has 4 heteroatoms. The van der Waals surface area contributed by atoms with Crippen molar-refractivity contribution in [3.05, 3.63) is 229 Å². The lowest BCUT2D eigenvalue weighted by Gasteiger charge is -2.37. The fraction of sp³-hybridized carbons (Fsp3) is 0.0536. The standard InChI is InChI=1S/C56H39N3O/c1-56-53(47-22-11-12-23-52(47)60-56)48-35-45(38-16-7-3-8-17-38)32-33-49(48)57-54(56)46-21-13-20-44(34-46)40-26-30-42(31-27-40)51-36-50(58-55(59-51)43-18-9-4-10-19-43)41-28-24-39(25-29-41)37-14-5-2-6-15-37/h2-36,53H,1H3/t53-,56?/m1/s1. The number of para-hydroxylation sites is 1. The summed E-state index contributed by atoms with van der Waals surface area (Å²) in [7, 11) is 0. The number of hydrogen-bond donors (Lipinski definition) is 0. The van der Waals surface area contributed by atoms with Crippen LogP contribution in [0, 0.1) is 0 Å². The van der Waals surface area contributed by atoms with Gasteiger partial charge in [-0.25, -0.2) is 15.0 Å². The van der Waals surface area contributed by atoms with Crippen LogP contribution in [0.3, 0.4) is 0 Å². The molecule has 0 bridgehead atoms. The minimum atomic E-state index is -0.697. The lowest BCUT2D eigenvalue weighted by Crippen LogP contribution is -2.46. The average molecular weight is 770 g/mol. The van der Waals surface area contributed by atoms with Crippen LogP contribution in [0.25, 0.3) is 67.3 Å². The summed E-state index contributed by atoms with van der Waals surface area (Å²) in [4.78, 5) is 15.6. The summed E-state index contributed by atoms with van der Waals surface area (Å²) in [6.07, 6.45) is 0. The van der Waals surface area contributed by atoms with Crippen LogP contribution < -0.4 is 4.74 Å². The predicted octanol–water partition coefficient (Wildman–Crippen LogP) is 13.9. The second-order valence-electron chi connectivity index (χ2n) is 15.7. The van der Waals surface area contributed by atoms with Crippen LogP contribution in [0.1, 0.15) is 29.5 Å². The molecule has 0 N–H and O–H groups in total. The molecule has 0 amide bonds. The Balaban J connectivity index is 0.947. The number of aromatic nitrogens is 2. The van der Waals surface area contributed by atoms with Crippen LogP contribution in [-0.4, -0.2) is 21.3 Å². The number of nitrogens with zero attached hydrogens (tertiary/aromatic N) is 3. The lowest BCUT2D eigenvalue weighted by molar-refractivity contribution is 0.174. The maximum Gasteiger partial charge on any atom is 0.160 e. The maximum atomic E-state index is 6.94. The number of ether oxygens (including phenoxy) is 1. The van der Waals surface area contributed by atoms with Gasteiger partial charge in [0.1, 0.15) is 5.75 Å². The van der Waals surface area contributed by atoms with Gasteiger partial charge in [-0.3, -0.25) is 0 Å². The highest BCUT2D eigenvalue weighted by Crippen LogP contribution is 2.55. The van der Waals surface area contributed by atoms with Crippen molar-refractivity contribution in [3.8, 4) is 73.0 Å². The van der Waals surface area contributed by atoms with Crippen molar-refractivity contribution in [2.24, 2.45) is 4.99 Å². The van der Waals surface area contributed by atoms with Crippen molar-refractivity contribution in [1.29, 1.82) is 0 Å². The van der Waals surface area contributed by atoms with Crippen LogP contribution in [0.15, 0.2) is 217 Å². The molecule has 9 aromatic rings. The molecular weight excluding hydrogens is 731 g/mol. The zero-order valence-corrected chi connectivity index (χ0v) is 33.0. The van der Waals surface area contributed by atoms with Crippen molar-refractivity contribution in [2.45, 2.75) is 18.4 Å². The quantitative estimate of drug-likeness (QED) is 0.162. The molecule has 284 valence electrons. The molecule has 1 aromatic heterocycles. The summed E-state index contributed by atoms with van der Waals surface area (Å²) < 4.78 is 6.94. The highest BCUT2D eigenvalue weighted by atomic mass is 16.5. The van der Waals surface area contributed by atoms with Crippen molar-refractivity contribution in [3.63, 3.8) is 0 Å². The van der Waals surface area contributed by atoms with E-state index in [1.165, 1.54) is 33.4 Å². The van der Waals surface area contributed by atoms with Crippen molar-refractivity contribution >= 4 is 11.4 Å². The summed E-state index contributed by atoms with van der Waals surface area (Å²) in [6.45, 7) is 2.20. The van der Waals surface area contributed by atoms with Gasteiger partial charge in [-0.2, -0.15) is 0 Å². The SMILES string of the molecule is CC12Oc3ccccc3[C@@H]1c1cc(-c3ccccc3)ccc1N=C2c1cccc(-c2ccc(-c3cc(-c4ccc(-c5ccccc5)cc4)nc(-c4ccccc4)n3)cc2)c1. The zero-order chi connectivity index (χ0) is 40.0. The highest BCUT2D eigenvalue weighted by Gasteiger charge is 2.52. The van der Waals surface area contributed by atoms with E-state index in [0.717, 1.165) is 61.9 Å². The van der Waals surface area contributed by atoms with E-state index in [9.17, 15) is 0 Å². The number of hydrogen-bond acceptors (Lipinski definition) is 4. The Hall–Kier alpha value is -7.69. The monoisotopic (exact) mass is 769 g/mol. The van der Waals surface area contributed by atoms with Gasteiger partial charge in [0.25, 0.3) is 0 Å². The number of rotatable bonds is 7. The van der Waals surface area contributed by atoms with Crippen LogP contribution in [-0.2, 0) is 0 Å². The van der Waals surface area contributed by atoms with Gasteiger partial charge in [-0.05, 0) is 76.2 Å². The third-order valence-corrected chi connectivity index (χ3v) is 11.9. The van der Waals surface area contributed by atoms with Crippen molar-refractivity contribution in [1.82, 2.24) is 9.97 Å². The van der Waals surface area contributed by atoms with Crippen LogP contribution in [0.2, 0.25) is 0 Å². The van der Waals surface area contributed by atoms with Crippen molar-refractivity contribution < 1.29 is 4.74 Å². The van der Waals surface area contributed by atoms with Gasteiger partial charge in [-0.15, -0.1) is 0 Å². The normalized spacial score (nSPS) is 16.2. The molecule has 0 spiro atoms. The largest absolute Gasteiger partial charge is 0.480 e. The van der Waals surface area contributed by atoms with Crippen LogP contribution >= 0.6 is 0 Å². The van der Waals surface area contributed by atoms with E-state index in [2.05, 4.69) is 195 Å². The van der Waals surface area contributed by atoms with Gasteiger partial charge >= 0.3 is 0 Å². The summed E-state index contributed by atoms with van der Waals surface area (Å²) in [5.41, 5.74) is 16.4. The Morgan fingerprint density at radius 2 is 0.850 bits per heavy atom. The first kappa shape index (κ1) is 35.5. The molecule has 2 atom stereocenters. The number of fused-ring (bicyclic) bond motifs is 5. The Labute approximate surface area is 350 Å². The molecule has 1 unspecified atom stereocenters. The molecule has 0 saturated carbocycles. The first-order valence-corrected chi connectivity index (χ1v) is 20.5. The molecule has 2 aliphatic heterocycles. The second-order valence-corrected chi connectivity index (χ2v) is 15.7. The predicted molar refractivity (Wildman–Crippen MR) is 245 cm³/mol. The first-order chi connectivity index (χ1) is 29.6. The van der Waals surface area contributed by atoms with E-state index < -0.39 is 5.60 Å². The molecule has 2 aliphatic rings. The Morgan fingerprint density at radius 3 is 1.50 bits per heavy atom. The van der Waals surface area contributed by atoms with Crippen LogP contribution in [0.4, 0.5) is 5.69 Å². The van der Waals surface area contributed by atoms with Gasteiger partial charge in [0, 0.05) is 27.8 Å². The zero-order valence-electron chi connectivity index (χ0n) is 33.0. The highest BCUT2D eigenvalue weighted by molar-refractivity contribution is 6.11. The van der Waals surface area contributed by atoms with Gasteiger partial charge in [0.2, 0.25) is 0 Å². The molecule has 0 aliphatic carbocycles. The summed E-state index contributed by atoms with van der Waals surface area (Å²) in [6, 6.07) is 74.4. The minimum Gasteiger partial charge on any atom is -0.480 e. The van der Waals surface area contributed by atoms with Crippen molar-refractivity contribution in [2.75, 3.05) is 0 Å². The van der Waals surface area contributed by atoms with E-state index in [0.29, 0.717) is 5.82 Å². The number of aliphatic imine (C=N–C) groups is 1. The second kappa shape index (κ2) is 14.6. The molecule has 11 rings (SSSR count). The smallest absolute Gasteiger partial charge is 0.160 e. The third-order valence-electron chi connectivity index (χ3n) is 11.9. The first-order valence-electron chi connectivity index (χ1n) is 20.5. The fourth-order valence-corrected chi connectivity index (χ4v) is 8.93. The van der Waals surface area contributed by atoms with Gasteiger partial charge in [0.15, 0.2) is 11.4 Å². The van der Waals surface area contributed by atoms with E-state index in [4.69, 9.17) is 19.7 Å². The minimum absolute atomic E-state index is 0.0110. The molecule has 3 heterocycles. The Bertz CT molecular complexity index is 3050. The van der Waals surface area contributed by atoms with Gasteiger partial charge in [-0.1, -0.05) is 182 Å². The maximum absolute atomic E-state index is 6.94. The fourth-order valence-electron chi connectivity index (χ4n) is 8.93. The van der Waals surface area contributed by atoms with E-state index in [1.54, 1.807) is 0 Å².